The molecular formula is C27H29ClN6O2. The van der Waals surface area contributed by atoms with Crippen molar-refractivity contribution in [2.45, 2.75) is 43.7 Å². The number of rotatable bonds is 5. The van der Waals surface area contributed by atoms with Gasteiger partial charge in [0.25, 0.3) is 0 Å². The van der Waals surface area contributed by atoms with E-state index < -0.39 is 0 Å². The van der Waals surface area contributed by atoms with E-state index >= 15 is 0 Å². The van der Waals surface area contributed by atoms with Crippen molar-refractivity contribution >= 4 is 40.3 Å². The molecule has 36 heavy (non-hydrogen) atoms. The third kappa shape index (κ3) is 4.23. The fourth-order valence-corrected chi connectivity index (χ4v) is 5.96. The Kier molecular flexibility index (Phi) is 5.91. The van der Waals surface area contributed by atoms with E-state index in [2.05, 4.69) is 27.9 Å². The van der Waals surface area contributed by atoms with Crippen LogP contribution in [0.3, 0.4) is 0 Å². The molecule has 3 aromatic rings. The third-order valence-electron chi connectivity index (χ3n) is 7.59. The molecule has 1 aliphatic carbocycles. The Morgan fingerprint density at radius 1 is 1.33 bits per heavy atom. The number of likely N-dealkylation sites (tertiary alicyclic amines) is 1. The molecule has 1 amide bonds. The zero-order valence-corrected chi connectivity index (χ0v) is 20.8. The van der Waals surface area contributed by atoms with Crippen LogP contribution in [0.1, 0.15) is 32.1 Å². The van der Waals surface area contributed by atoms with Crippen molar-refractivity contribution in [3.63, 3.8) is 0 Å². The zero-order chi connectivity index (χ0) is 24.7. The number of nitrogens with zero attached hydrogens (tertiary/aromatic N) is 4. The summed E-state index contributed by atoms with van der Waals surface area (Å²) in [6.07, 6.45) is 9.72. The fraction of sp³-hybridized carbons (Fsp3) is 0.407. The minimum Gasteiger partial charge on any atom is -0.472 e. The molecule has 8 nitrogen and oxygen atoms in total. The maximum Gasteiger partial charge on any atom is 0.245 e. The number of halogens is 1. The van der Waals surface area contributed by atoms with Gasteiger partial charge in [-0.25, -0.2) is 9.97 Å². The van der Waals surface area contributed by atoms with Gasteiger partial charge in [0, 0.05) is 48.2 Å². The van der Waals surface area contributed by atoms with Gasteiger partial charge in [-0.2, -0.15) is 0 Å². The quantitative estimate of drug-likeness (QED) is 0.485. The number of ether oxygens (including phenoxy) is 1. The molecule has 2 aliphatic heterocycles. The van der Waals surface area contributed by atoms with Crippen LogP contribution in [-0.4, -0.2) is 62.9 Å². The molecule has 0 radical (unpaired) electrons. The van der Waals surface area contributed by atoms with Crippen LogP contribution in [0.25, 0.3) is 22.2 Å². The number of para-hydroxylation sites is 1. The molecule has 9 heteroatoms. The lowest BCUT2D eigenvalue weighted by Gasteiger charge is -2.37. The topological polar surface area (TPSA) is 95.5 Å². The molecule has 1 aromatic carbocycles. The predicted octanol–water partition coefficient (Wildman–Crippen LogP) is 4.83. The van der Waals surface area contributed by atoms with Crippen LogP contribution < -0.4 is 5.32 Å². The number of hydrogen-bond donors (Lipinski definition) is 2. The minimum atomic E-state index is -0.298. The minimum absolute atomic E-state index is 0.0253. The number of nitrogens with one attached hydrogen (secondary N) is 2. The van der Waals surface area contributed by atoms with Crippen molar-refractivity contribution < 1.29 is 9.53 Å². The molecule has 1 saturated carbocycles. The van der Waals surface area contributed by atoms with Gasteiger partial charge >= 0.3 is 0 Å². The summed E-state index contributed by atoms with van der Waals surface area (Å²) >= 11 is 6.51. The lowest BCUT2D eigenvalue weighted by Crippen LogP contribution is -2.44. The van der Waals surface area contributed by atoms with Crippen LogP contribution in [0.4, 0.5) is 5.95 Å². The summed E-state index contributed by atoms with van der Waals surface area (Å²) < 4.78 is 6.53. The highest BCUT2D eigenvalue weighted by Gasteiger charge is 2.45. The first-order valence-electron chi connectivity index (χ1n) is 12.5. The van der Waals surface area contributed by atoms with Crippen LogP contribution in [-0.2, 0) is 9.53 Å². The Balaban J connectivity index is 1.14. The fourth-order valence-electron chi connectivity index (χ4n) is 5.77. The normalized spacial score (nSPS) is 25.7. The number of carbonyl (C=O) groups excluding carboxylic acids is 1. The first-order chi connectivity index (χ1) is 17.5. The summed E-state index contributed by atoms with van der Waals surface area (Å²) in [6, 6.07) is 8.27. The molecule has 1 spiro atoms. The van der Waals surface area contributed by atoms with E-state index in [0.717, 1.165) is 61.0 Å². The predicted molar refractivity (Wildman–Crippen MR) is 141 cm³/mol. The van der Waals surface area contributed by atoms with Crippen LogP contribution in [0, 0.1) is 5.92 Å². The van der Waals surface area contributed by atoms with Crippen molar-refractivity contribution in [3.05, 3.63) is 54.3 Å². The van der Waals surface area contributed by atoms with Gasteiger partial charge in [-0.15, -0.1) is 0 Å². The number of anilines is 1. The number of aromatic amines is 1. The number of amides is 1. The Hall–Kier alpha value is -3.39. The number of aliphatic imine (C=N–C) groups is 1. The molecule has 2 fully saturated rings. The summed E-state index contributed by atoms with van der Waals surface area (Å²) in [5.74, 6) is 1.51. The van der Waals surface area contributed by atoms with Crippen LogP contribution >= 0.6 is 11.6 Å². The van der Waals surface area contributed by atoms with E-state index in [9.17, 15) is 4.79 Å². The van der Waals surface area contributed by atoms with Gasteiger partial charge < -0.3 is 19.9 Å². The SMILES string of the molecule is C=CC(=O)N1CCC(C2=NC[C@]3(CCC[C@@H](Nc4ncc(Cl)c(-c5c[nH]c6ccccc56)n4)C3)O2)C1. The summed E-state index contributed by atoms with van der Waals surface area (Å²) in [6.45, 7) is 5.63. The average Bonchev–Trinajstić information content (AvgIpc) is 3.64. The van der Waals surface area contributed by atoms with Gasteiger partial charge in [-0.3, -0.25) is 9.79 Å². The Morgan fingerprint density at radius 3 is 3.11 bits per heavy atom. The Bertz CT molecular complexity index is 1350. The third-order valence-corrected chi connectivity index (χ3v) is 7.87. The van der Waals surface area contributed by atoms with Crippen molar-refractivity contribution in [2.75, 3.05) is 25.0 Å². The summed E-state index contributed by atoms with van der Waals surface area (Å²) in [5.41, 5.74) is 2.41. The monoisotopic (exact) mass is 504 g/mol. The van der Waals surface area contributed by atoms with Crippen molar-refractivity contribution in [1.29, 1.82) is 0 Å². The summed E-state index contributed by atoms with van der Waals surface area (Å²) in [7, 11) is 0. The van der Waals surface area contributed by atoms with Crippen molar-refractivity contribution in [2.24, 2.45) is 10.9 Å². The standard InChI is InChI=1S/C27H29ClN6O2/c1-2-23(35)34-11-9-17(15-34)25-31-16-27(36-25)10-5-6-18(12-27)32-26-30-14-21(28)24(33-26)20-13-29-22-8-4-3-7-19(20)22/h2-4,7-8,13-14,17-18,29H,1,5-6,9-12,15-16H2,(H,30,32,33)/t17?,18-,27-/m1/s1. The summed E-state index contributed by atoms with van der Waals surface area (Å²) in [5, 5.41) is 5.13. The van der Waals surface area contributed by atoms with Crippen LogP contribution in [0.2, 0.25) is 5.02 Å². The van der Waals surface area contributed by atoms with Gasteiger partial charge in [-0.1, -0.05) is 36.4 Å². The maximum absolute atomic E-state index is 12.0. The second-order valence-corrected chi connectivity index (χ2v) is 10.4. The highest BCUT2D eigenvalue weighted by atomic mass is 35.5. The molecule has 2 aromatic heterocycles. The van der Waals surface area contributed by atoms with Gasteiger partial charge in [0.15, 0.2) is 5.90 Å². The van der Waals surface area contributed by atoms with Gasteiger partial charge in [0.2, 0.25) is 11.9 Å². The molecule has 4 heterocycles. The largest absolute Gasteiger partial charge is 0.472 e. The molecule has 1 saturated heterocycles. The van der Waals surface area contributed by atoms with Crippen molar-refractivity contribution in [3.8, 4) is 11.3 Å². The van der Waals surface area contributed by atoms with Gasteiger partial charge in [-0.05, 0) is 37.8 Å². The maximum atomic E-state index is 12.0. The zero-order valence-electron chi connectivity index (χ0n) is 20.0. The van der Waals surface area contributed by atoms with E-state index in [1.807, 2.05) is 29.3 Å². The van der Waals surface area contributed by atoms with E-state index in [0.29, 0.717) is 29.8 Å². The molecule has 3 atom stereocenters. The second-order valence-electron chi connectivity index (χ2n) is 9.99. The Morgan fingerprint density at radius 2 is 2.22 bits per heavy atom. The number of carbonyl (C=O) groups is 1. The number of fused-ring (bicyclic) bond motifs is 1. The molecule has 2 N–H and O–H groups in total. The number of benzene rings is 1. The molecule has 1 unspecified atom stereocenters. The summed E-state index contributed by atoms with van der Waals surface area (Å²) in [4.78, 5) is 31.1. The smallest absolute Gasteiger partial charge is 0.245 e. The van der Waals surface area contributed by atoms with E-state index in [1.165, 1.54) is 6.08 Å². The second kappa shape index (κ2) is 9.24. The number of hydrogen-bond acceptors (Lipinski definition) is 6. The number of H-pyrrole nitrogens is 1. The highest BCUT2D eigenvalue weighted by Crippen LogP contribution is 2.39. The Labute approximate surface area is 214 Å². The lowest BCUT2D eigenvalue weighted by molar-refractivity contribution is -0.125. The van der Waals surface area contributed by atoms with Gasteiger partial charge in [0.05, 0.1) is 29.4 Å². The van der Waals surface area contributed by atoms with Crippen LogP contribution in [0.15, 0.2) is 54.3 Å². The lowest BCUT2D eigenvalue weighted by atomic mass is 9.82. The van der Waals surface area contributed by atoms with E-state index in [4.69, 9.17) is 26.3 Å². The molecular weight excluding hydrogens is 476 g/mol. The molecule has 3 aliphatic rings. The van der Waals surface area contributed by atoms with Crippen molar-refractivity contribution in [1.82, 2.24) is 19.9 Å². The molecule has 186 valence electrons. The van der Waals surface area contributed by atoms with E-state index in [-0.39, 0.29) is 23.5 Å². The van der Waals surface area contributed by atoms with Gasteiger partial charge in [0.1, 0.15) is 5.60 Å². The molecule has 6 rings (SSSR count). The number of aromatic nitrogens is 3. The van der Waals surface area contributed by atoms with E-state index in [1.54, 1.807) is 6.20 Å². The first kappa shape index (κ1) is 23.0. The van der Waals surface area contributed by atoms with Crippen LogP contribution in [0.5, 0.6) is 0 Å². The average molecular weight is 505 g/mol. The highest BCUT2D eigenvalue weighted by molar-refractivity contribution is 6.33. The first-order valence-corrected chi connectivity index (χ1v) is 12.9. The molecule has 0 bridgehead atoms.